The molecule has 1 aromatic carbocycles. The highest BCUT2D eigenvalue weighted by Crippen LogP contribution is 2.30. The van der Waals surface area contributed by atoms with Crippen molar-refractivity contribution in [3.05, 3.63) is 64.7 Å². The van der Waals surface area contributed by atoms with Gasteiger partial charge in [0.05, 0.1) is 18.4 Å². The average Bonchev–Trinajstić information content (AvgIpc) is 3.09. The van der Waals surface area contributed by atoms with Gasteiger partial charge in [0.15, 0.2) is 11.5 Å². The SMILES string of the molecule is COc1ccc(CCNC(=O)c2cccnc2SCc2c(C)noc2C)cc1OC(F)F. The monoisotopic (exact) mass is 463 g/mol. The molecule has 2 heterocycles. The lowest BCUT2D eigenvalue weighted by Crippen LogP contribution is -2.26. The van der Waals surface area contributed by atoms with Crippen LogP contribution in [0.3, 0.4) is 0 Å². The van der Waals surface area contributed by atoms with Gasteiger partial charge in [0.25, 0.3) is 5.91 Å². The molecule has 0 bridgehead atoms. The highest BCUT2D eigenvalue weighted by Gasteiger charge is 2.16. The second kappa shape index (κ2) is 10.9. The molecule has 0 aliphatic carbocycles. The number of amides is 1. The summed E-state index contributed by atoms with van der Waals surface area (Å²) in [6.07, 6.45) is 2.06. The van der Waals surface area contributed by atoms with E-state index in [2.05, 4.69) is 20.2 Å². The van der Waals surface area contributed by atoms with Crippen molar-refractivity contribution in [1.82, 2.24) is 15.5 Å². The molecule has 32 heavy (non-hydrogen) atoms. The molecule has 2 aromatic heterocycles. The molecule has 0 aliphatic rings. The van der Waals surface area contributed by atoms with Gasteiger partial charge in [-0.3, -0.25) is 4.79 Å². The smallest absolute Gasteiger partial charge is 0.387 e. The zero-order chi connectivity index (χ0) is 23.1. The summed E-state index contributed by atoms with van der Waals surface area (Å²) in [7, 11) is 1.38. The number of aryl methyl sites for hydroxylation is 2. The van der Waals surface area contributed by atoms with Crippen molar-refractivity contribution >= 4 is 17.7 Å². The van der Waals surface area contributed by atoms with E-state index in [1.165, 1.54) is 24.9 Å². The number of methoxy groups -OCH3 is 1. The van der Waals surface area contributed by atoms with Gasteiger partial charge in [-0.2, -0.15) is 8.78 Å². The zero-order valence-electron chi connectivity index (χ0n) is 17.9. The first kappa shape index (κ1) is 23.5. The minimum absolute atomic E-state index is 0.0448. The number of aromatic nitrogens is 2. The molecule has 0 fully saturated rings. The van der Waals surface area contributed by atoms with Crippen molar-refractivity contribution in [2.75, 3.05) is 13.7 Å². The molecule has 3 rings (SSSR count). The molecule has 1 amide bonds. The number of alkyl halides is 2. The number of benzene rings is 1. The Balaban J connectivity index is 1.61. The largest absolute Gasteiger partial charge is 0.493 e. The lowest BCUT2D eigenvalue weighted by atomic mass is 10.1. The van der Waals surface area contributed by atoms with Crippen LogP contribution in [0.25, 0.3) is 0 Å². The van der Waals surface area contributed by atoms with Crippen LogP contribution in [0.15, 0.2) is 46.1 Å². The predicted molar refractivity (Wildman–Crippen MR) is 115 cm³/mol. The van der Waals surface area contributed by atoms with E-state index in [1.54, 1.807) is 30.5 Å². The molecule has 170 valence electrons. The first-order chi connectivity index (χ1) is 15.4. The van der Waals surface area contributed by atoms with Crippen LogP contribution in [0.2, 0.25) is 0 Å². The summed E-state index contributed by atoms with van der Waals surface area (Å²) in [5, 5.41) is 7.39. The van der Waals surface area contributed by atoms with Gasteiger partial charge in [0.2, 0.25) is 0 Å². The minimum atomic E-state index is -2.95. The van der Waals surface area contributed by atoms with Gasteiger partial charge in [-0.1, -0.05) is 11.2 Å². The maximum atomic E-state index is 12.7. The fourth-order valence-electron chi connectivity index (χ4n) is 3.01. The van der Waals surface area contributed by atoms with Gasteiger partial charge in [-0.25, -0.2) is 4.98 Å². The van der Waals surface area contributed by atoms with Crippen LogP contribution in [0.1, 0.15) is 32.9 Å². The van der Waals surface area contributed by atoms with Crippen LogP contribution in [-0.4, -0.2) is 36.3 Å². The van der Waals surface area contributed by atoms with Crippen molar-refractivity contribution in [2.24, 2.45) is 0 Å². The van der Waals surface area contributed by atoms with E-state index in [0.717, 1.165) is 22.6 Å². The van der Waals surface area contributed by atoms with Crippen LogP contribution >= 0.6 is 11.8 Å². The van der Waals surface area contributed by atoms with Gasteiger partial charge < -0.3 is 19.3 Å². The number of ether oxygens (including phenoxy) is 2. The van der Waals surface area contributed by atoms with Crippen molar-refractivity contribution in [3.63, 3.8) is 0 Å². The van der Waals surface area contributed by atoms with Gasteiger partial charge in [-0.05, 0) is 50.1 Å². The summed E-state index contributed by atoms with van der Waals surface area (Å²) in [4.78, 5) is 17.1. The number of hydrogen-bond acceptors (Lipinski definition) is 7. The lowest BCUT2D eigenvalue weighted by molar-refractivity contribution is -0.0512. The number of hydrogen-bond donors (Lipinski definition) is 1. The van der Waals surface area contributed by atoms with Crippen molar-refractivity contribution < 1.29 is 27.6 Å². The fraction of sp³-hybridized carbons (Fsp3) is 0.318. The molecular formula is C22H23F2N3O4S. The lowest BCUT2D eigenvalue weighted by Gasteiger charge is -2.12. The Hall–Kier alpha value is -3.14. The van der Waals surface area contributed by atoms with Crippen molar-refractivity contribution in [1.29, 1.82) is 0 Å². The summed E-state index contributed by atoms with van der Waals surface area (Å²) in [6.45, 7) is 1.07. The number of thioether (sulfide) groups is 1. The van der Waals surface area contributed by atoms with Gasteiger partial charge >= 0.3 is 6.61 Å². The van der Waals surface area contributed by atoms with E-state index in [0.29, 0.717) is 29.3 Å². The number of nitrogens with one attached hydrogen (secondary N) is 1. The van der Waals surface area contributed by atoms with Crippen LogP contribution < -0.4 is 14.8 Å². The average molecular weight is 464 g/mol. The summed E-state index contributed by atoms with van der Waals surface area (Å²) >= 11 is 1.43. The van der Waals surface area contributed by atoms with Gasteiger partial charge in [0.1, 0.15) is 10.8 Å². The number of carbonyl (C=O) groups excluding carboxylic acids is 1. The van der Waals surface area contributed by atoms with Crippen molar-refractivity contribution in [2.45, 2.75) is 37.7 Å². The van der Waals surface area contributed by atoms with Crippen LogP contribution in [0, 0.1) is 13.8 Å². The number of halogens is 2. The Morgan fingerprint density at radius 3 is 2.75 bits per heavy atom. The molecule has 0 atom stereocenters. The van der Waals surface area contributed by atoms with Gasteiger partial charge in [0, 0.05) is 24.1 Å². The van der Waals surface area contributed by atoms with Crippen LogP contribution in [-0.2, 0) is 12.2 Å². The molecule has 0 radical (unpaired) electrons. The molecule has 3 aromatic rings. The maximum absolute atomic E-state index is 12.7. The summed E-state index contributed by atoms with van der Waals surface area (Å²) < 4.78 is 39.9. The molecule has 0 saturated heterocycles. The molecule has 10 heteroatoms. The molecule has 0 spiro atoms. The Kier molecular flexibility index (Phi) is 8.04. The first-order valence-electron chi connectivity index (χ1n) is 9.78. The molecule has 7 nitrogen and oxygen atoms in total. The zero-order valence-corrected chi connectivity index (χ0v) is 18.7. The normalized spacial score (nSPS) is 10.9. The fourth-order valence-corrected chi connectivity index (χ4v) is 4.15. The number of nitrogens with zero attached hydrogens (tertiary/aromatic N) is 2. The number of rotatable bonds is 10. The quantitative estimate of drug-likeness (QED) is 0.441. The number of carbonyl (C=O) groups is 1. The summed E-state index contributed by atoms with van der Waals surface area (Å²) in [6, 6.07) is 8.18. The summed E-state index contributed by atoms with van der Waals surface area (Å²) in [5.41, 5.74) is 2.97. The van der Waals surface area contributed by atoms with Crippen LogP contribution in [0.4, 0.5) is 8.78 Å². The third-order valence-corrected chi connectivity index (χ3v) is 5.73. The van der Waals surface area contributed by atoms with E-state index in [4.69, 9.17) is 9.26 Å². The van der Waals surface area contributed by atoms with Crippen LogP contribution in [0.5, 0.6) is 11.5 Å². The van der Waals surface area contributed by atoms with Crippen molar-refractivity contribution in [3.8, 4) is 11.5 Å². The topological polar surface area (TPSA) is 86.5 Å². The highest BCUT2D eigenvalue weighted by atomic mass is 32.2. The highest BCUT2D eigenvalue weighted by molar-refractivity contribution is 7.98. The first-order valence-corrected chi connectivity index (χ1v) is 10.8. The van der Waals surface area contributed by atoms with E-state index in [9.17, 15) is 13.6 Å². The maximum Gasteiger partial charge on any atom is 0.387 e. The Bertz CT molecular complexity index is 1060. The predicted octanol–water partition coefficient (Wildman–Crippen LogP) is 4.56. The van der Waals surface area contributed by atoms with Gasteiger partial charge in [-0.15, -0.1) is 11.8 Å². The molecule has 0 saturated carbocycles. The third-order valence-electron chi connectivity index (χ3n) is 4.69. The second-order valence-electron chi connectivity index (χ2n) is 6.82. The third kappa shape index (κ3) is 5.97. The number of pyridine rings is 1. The van der Waals surface area contributed by atoms with E-state index >= 15 is 0 Å². The Morgan fingerprint density at radius 1 is 1.25 bits per heavy atom. The van der Waals surface area contributed by atoms with E-state index in [-0.39, 0.29) is 17.4 Å². The molecular weight excluding hydrogens is 440 g/mol. The molecule has 0 unspecified atom stereocenters. The Morgan fingerprint density at radius 2 is 2.06 bits per heavy atom. The van der Waals surface area contributed by atoms with E-state index < -0.39 is 6.61 Å². The minimum Gasteiger partial charge on any atom is -0.493 e. The molecule has 1 N–H and O–H groups in total. The summed E-state index contributed by atoms with van der Waals surface area (Å²) in [5.74, 6) is 1.23. The standard InChI is InChI=1S/C22H23F2N3O4S/c1-13-17(14(2)31-27-13)12-32-21-16(5-4-9-26-21)20(28)25-10-8-15-6-7-18(29-3)19(11-15)30-22(23)24/h4-7,9,11,22H,8,10,12H2,1-3H3,(H,25,28). The second-order valence-corrected chi connectivity index (χ2v) is 7.78. The van der Waals surface area contributed by atoms with E-state index in [1.807, 2.05) is 13.8 Å². The Labute approximate surface area is 188 Å². The molecule has 0 aliphatic heterocycles.